The fraction of sp³-hybridized carbons (Fsp3) is 0.385. The van der Waals surface area contributed by atoms with Crippen molar-refractivity contribution < 1.29 is 24.8 Å². The molecule has 0 radical (unpaired) electrons. The zero-order valence-corrected chi connectivity index (χ0v) is 11.1. The van der Waals surface area contributed by atoms with Gasteiger partial charge in [0, 0.05) is 5.39 Å². The number of aliphatic hydroxyl groups is 3. The number of halogens is 1. The quantitative estimate of drug-likeness (QED) is 0.667. The van der Waals surface area contributed by atoms with Crippen LogP contribution in [0.25, 0.3) is 10.9 Å². The molecule has 20 heavy (non-hydrogen) atoms. The highest BCUT2D eigenvalue weighted by atomic mass is 35.5. The Balaban J connectivity index is 1.88. The molecule has 1 aromatic heterocycles. The first-order chi connectivity index (χ1) is 9.61. The summed E-state index contributed by atoms with van der Waals surface area (Å²) in [5.41, 5.74) is 0.791. The first-order valence-electron chi connectivity index (χ1n) is 6.17. The average Bonchev–Trinajstić information content (AvgIpc) is 2.91. The highest BCUT2D eigenvalue weighted by Gasteiger charge is 2.44. The van der Waals surface area contributed by atoms with Crippen LogP contribution in [0.3, 0.4) is 0 Å². The van der Waals surface area contributed by atoms with Crippen LogP contribution >= 0.6 is 11.6 Å². The van der Waals surface area contributed by atoms with Crippen LogP contribution in [0.2, 0.25) is 5.15 Å². The zero-order chi connectivity index (χ0) is 14.3. The molecule has 2 aromatic rings. The van der Waals surface area contributed by atoms with E-state index in [-0.39, 0.29) is 5.15 Å². The molecular formula is C13H14ClNO5. The summed E-state index contributed by atoms with van der Waals surface area (Å²) in [6, 6.07) is 7.34. The molecule has 7 heteroatoms. The maximum Gasteiger partial charge on any atom is 0.229 e. The second-order valence-electron chi connectivity index (χ2n) is 4.64. The lowest BCUT2D eigenvalue weighted by atomic mass is 10.1. The van der Waals surface area contributed by atoms with E-state index in [1.165, 1.54) is 0 Å². The number of rotatable bonds is 3. The Morgan fingerprint density at radius 1 is 1.25 bits per heavy atom. The molecule has 1 aliphatic rings. The number of hydrogen-bond acceptors (Lipinski definition) is 5. The molecule has 108 valence electrons. The maximum atomic E-state index is 9.86. The van der Waals surface area contributed by atoms with Gasteiger partial charge in [0.1, 0.15) is 23.5 Å². The van der Waals surface area contributed by atoms with Gasteiger partial charge in [0.25, 0.3) is 0 Å². The Kier molecular flexibility index (Phi) is 3.57. The van der Waals surface area contributed by atoms with Crippen LogP contribution in [-0.4, -0.2) is 51.5 Å². The number of aromatic amines is 1. The molecule has 4 N–H and O–H groups in total. The largest absolute Gasteiger partial charge is 0.458 e. The van der Waals surface area contributed by atoms with Gasteiger partial charge in [-0.25, -0.2) is 0 Å². The Morgan fingerprint density at radius 3 is 2.70 bits per heavy atom. The Hall–Kier alpha value is -1.31. The third kappa shape index (κ3) is 2.15. The number of ether oxygens (including phenoxy) is 2. The molecule has 0 bridgehead atoms. The van der Waals surface area contributed by atoms with Crippen molar-refractivity contribution >= 4 is 22.5 Å². The van der Waals surface area contributed by atoms with E-state index < -0.39 is 31.2 Å². The molecule has 3 rings (SSSR count). The van der Waals surface area contributed by atoms with E-state index in [9.17, 15) is 10.2 Å². The topological polar surface area (TPSA) is 94.9 Å². The summed E-state index contributed by atoms with van der Waals surface area (Å²) in [5.74, 6) is 0.345. The molecule has 0 amide bonds. The van der Waals surface area contributed by atoms with Crippen molar-refractivity contribution in [2.75, 3.05) is 6.61 Å². The van der Waals surface area contributed by atoms with E-state index in [2.05, 4.69) is 4.98 Å². The number of benzene rings is 1. The number of hydrogen-bond donors (Lipinski definition) is 4. The van der Waals surface area contributed by atoms with E-state index >= 15 is 0 Å². The number of nitrogens with one attached hydrogen (secondary N) is 1. The minimum atomic E-state index is -1.25. The zero-order valence-electron chi connectivity index (χ0n) is 10.4. The van der Waals surface area contributed by atoms with Gasteiger partial charge in [-0.3, -0.25) is 0 Å². The standard InChI is InChI=1S/C13H14ClNO5/c14-12-11(6-3-1-2-4-7(6)15-12)20-13-10(18)9(17)8(5-16)19-13/h1-4,8-10,13,15-18H,5H2/t8-,9-,10-,13+/m1/s1. The van der Waals surface area contributed by atoms with E-state index in [0.717, 1.165) is 10.9 Å². The number of fused-ring (bicyclic) bond motifs is 1. The fourth-order valence-corrected chi connectivity index (χ4v) is 2.53. The summed E-state index contributed by atoms with van der Waals surface area (Å²) in [4.78, 5) is 2.94. The molecule has 0 aliphatic carbocycles. The van der Waals surface area contributed by atoms with Crippen molar-refractivity contribution in [2.45, 2.75) is 24.6 Å². The lowest BCUT2D eigenvalue weighted by molar-refractivity contribution is -0.115. The van der Waals surface area contributed by atoms with Crippen molar-refractivity contribution in [2.24, 2.45) is 0 Å². The molecule has 1 fully saturated rings. The average molecular weight is 300 g/mol. The normalized spacial score (nSPS) is 30.0. The summed E-state index contributed by atoms with van der Waals surface area (Å²) in [6.07, 6.45) is -4.41. The predicted molar refractivity (Wildman–Crippen MR) is 71.7 cm³/mol. The SMILES string of the molecule is OC[C@H]1O[C@@H](Oc2c(Cl)[nH]c3ccccc23)[C@H](O)[C@@H]1O. The Bertz CT molecular complexity index is 616. The summed E-state index contributed by atoms with van der Waals surface area (Å²) >= 11 is 6.07. The maximum absolute atomic E-state index is 9.86. The van der Waals surface area contributed by atoms with E-state index in [1.54, 1.807) is 0 Å². The summed E-state index contributed by atoms with van der Waals surface area (Å²) in [6.45, 7) is -0.403. The molecule has 6 nitrogen and oxygen atoms in total. The molecular weight excluding hydrogens is 286 g/mol. The van der Waals surface area contributed by atoms with Gasteiger partial charge in [-0.05, 0) is 12.1 Å². The molecule has 1 aromatic carbocycles. The highest BCUT2D eigenvalue weighted by molar-refractivity contribution is 6.32. The van der Waals surface area contributed by atoms with Gasteiger partial charge in [0.15, 0.2) is 5.75 Å². The van der Waals surface area contributed by atoms with Crippen LogP contribution in [0.5, 0.6) is 5.75 Å². The summed E-state index contributed by atoms with van der Waals surface area (Å²) < 4.78 is 10.8. The number of aromatic nitrogens is 1. The van der Waals surface area contributed by atoms with Gasteiger partial charge >= 0.3 is 0 Å². The molecule has 0 unspecified atom stereocenters. The van der Waals surface area contributed by atoms with E-state index in [0.29, 0.717) is 5.75 Å². The molecule has 2 heterocycles. The van der Waals surface area contributed by atoms with E-state index in [1.807, 2.05) is 24.3 Å². The predicted octanol–water partition coefficient (Wildman–Crippen LogP) is 0.639. The summed E-state index contributed by atoms with van der Waals surface area (Å²) in [7, 11) is 0. The van der Waals surface area contributed by atoms with Gasteiger partial charge in [-0.2, -0.15) is 0 Å². The highest BCUT2D eigenvalue weighted by Crippen LogP contribution is 2.36. The van der Waals surface area contributed by atoms with Crippen molar-refractivity contribution in [3.8, 4) is 5.75 Å². The molecule has 0 spiro atoms. The third-order valence-corrected chi connectivity index (χ3v) is 3.61. The van der Waals surface area contributed by atoms with Gasteiger partial charge in [-0.15, -0.1) is 0 Å². The molecule has 1 aliphatic heterocycles. The van der Waals surface area contributed by atoms with Crippen LogP contribution in [-0.2, 0) is 4.74 Å². The minimum Gasteiger partial charge on any atom is -0.458 e. The Morgan fingerprint density at radius 2 is 2.00 bits per heavy atom. The smallest absolute Gasteiger partial charge is 0.229 e. The van der Waals surface area contributed by atoms with Crippen LogP contribution in [0, 0.1) is 0 Å². The van der Waals surface area contributed by atoms with Crippen LogP contribution in [0.15, 0.2) is 24.3 Å². The van der Waals surface area contributed by atoms with Crippen molar-refractivity contribution in [3.63, 3.8) is 0 Å². The van der Waals surface area contributed by atoms with Gasteiger partial charge in [0.2, 0.25) is 6.29 Å². The van der Waals surface area contributed by atoms with Crippen molar-refractivity contribution in [3.05, 3.63) is 29.4 Å². The molecule has 1 saturated heterocycles. The first kappa shape index (κ1) is 13.7. The second-order valence-corrected chi connectivity index (χ2v) is 5.02. The number of H-pyrrole nitrogens is 1. The third-order valence-electron chi connectivity index (χ3n) is 3.35. The van der Waals surface area contributed by atoms with Gasteiger partial charge in [0.05, 0.1) is 12.1 Å². The minimum absolute atomic E-state index is 0.281. The Labute approximate surface area is 119 Å². The van der Waals surface area contributed by atoms with E-state index in [4.69, 9.17) is 26.2 Å². The van der Waals surface area contributed by atoms with Crippen molar-refractivity contribution in [1.82, 2.24) is 4.98 Å². The summed E-state index contributed by atoms with van der Waals surface area (Å²) in [5, 5.41) is 29.6. The monoisotopic (exact) mass is 299 g/mol. The van der Waals surface area contributed by atoms with Crippen LogP contribution in [0.1, 0.15) is 0 Å². The van der Waals surface area contributed by atoms with Crippen molar-refractivity contribution in [1.29, 1.82) is 0 Å². The lowest BCUT2D eigenvalue weighted by Crippen LogP contribution is -2.35. The van der Waals surface area contributed by atoms with Gasteiger partial charge < -0.3 is 29.8 Å². The number of aliphatic hydroxyl groups excluding tert-OH is 3. The number of para-hydroxylation sites is 1. The lowest BCUT2D eigenvalue weighted by Gasteiger charge is -2.16. The second kappa shape index (κ2) is 5.23. The fourth-order valence-electron chi connectivity index (χ4n) is 2.28. The van der Waals surface area contributed by atoms with Crippen LogP contribution < -0.4 is 4.74 Å². The van der Waals surface area contributed by atoms with Gasteiger partial charge in [-0.1, -0.05) is 23.7 Å². The van der Waals surface area contributed by atoms with Crippen LogP contribution in [0.4, 0.5) is 0 Å². The first-order valence-corrected chi connectivity index (χ1v) is 6.55. The molecule has 0 saturated carbocycles. The molecule has 4 atom stereocenters.